The van der Waals surface area contributed by atoms with E-state index in [2.05, 4.69) is 4.90 Å². The molecule has 0 aromatic carbocycles. The Labute approximate surface area is 93.6 Å². The number of carbonyl (C=O) groups is 1. The third kappa shape index (κ3) is 2.36. The first-order valence-electron chi connectivity index (χ1n) is 5.31. The first-order chi connectivity index (χ1) is 7.72. The van der Waals surface area contributed by atoms with Gasteiger partial charge in [-0.1, -0.05) is 0 Å². The smallest absolute Gasteiger partial charge is 0.371 e. The van der Waals surface area contributed by atoms with Crippen LogP contribution in [0, 0.1) is 0 Å². The van der Waals surface area contributed by atoms with Crippen molar-refractivity contribution in [2.24, 2.45) is 0 Å². The van der Waals surface area contributed by atoms with Gasteiger partial charge in [0, 0.05) is 25.8 Å². The van der Waals surface area contributed by atoms with Crippen molar-refractivity contribution in [3.63, 3.8) is 0 Å². The van der Waals surface area contributed by atoms with Gasteiger partial charge >= 0.3 is 5.97 Å². The van der Waals surface area contributed by atoms with E-state index < -0.39 is 5.97 Å². The van der Waals surface area contributed by atoms with Crippen LogP contribution in [0.15, 0.2) is 16.5 Å². The van der Waals surface area contributed by atoms with Crippen LogP contribution >= 0.6 is 0 Å². The van der Waals surface area contributed by atoms with E-state index in [-0.39, 0.29) is 5.76 Å². The number of methoxy groups -OCH3 is 1. The maximum atomic E-state index is 10.7. The predicted octanol–water partition coefficient (Wildman–Crippen LogP) is 1.59. The average Bonchev–Trinajstić information content (AvgIpc) is 2.96. The highest BCUT2D eigenvalue weighted by molar-refractivity contribution is 5.84. The van der Waals surface area contributed by atoms with Gasteiger partial charge in [-0.25, -0.2) is 4.79 Å². The van der Waals surface area contributed by atoms with Crippen LogP contribution in [0.3, 0.4) is 0 Å². The second-order valence-corrected chi connectivity index (χ2v) is 3.86. The van der Waals surface area contributed by atoms with Crippen molar-refractivity contribution in [3.8, 4) is 0 Å². The monoisotopic (exact) mass is 225 g/mol. The Hall–Kier alpha value is -1.49. The van der Waals surface area contributed by atoms with Crippen LogP contribution < -0.4 is 4.90 Å². The quantitative estimate of drug-likeness (QED) is 0.796. The highest BCUT2D eigenvalue weighted by atomic mass is 16.5. The van der Waals surface area contributed by atoms with Crippen LogP contribution in [-0.4, -0.2) is 37.4 Å². The second-order valence-electron chi connectivity index (χ2n) is 3.86. The minimum absolute atomic E-state index is 0.0157. The molecular weight excluding hydrogens is 210 g/mol. The number of ether oxygens (including phenoxy) is 1. The Morgan fingerprint density at radius 2 is 2.38 bits per heavy atom. The summed E-state index contributed by atoms with van der Waals surface area (Å²) in [5, 5.41) is 8.77. The molecule has 5 nitrogen and oxygen atoms in total. The Kier molecular flexibility index (Phi) is 3.14. The molecule has 1 fully saturated rings. The predicted molar refractivity (Wildman–Crippen MR) is 57.9 cm³/mol. The molecule has 16 heavy (non-hydrogen) atoms. The second kappa shape index (κ2) is 4.57. The minimum atomic E-state index is -1.03. The average molecular weight is 225 g/mol. The molecule has 1 heterocycles. The fourth-order valence-corrected chi connectivity index (χ4v) is 1.65. The van der Waals surface area contributed by atoms with Gasteiger partial charge in [0.05, 0.1) is 6.61 Å². The van der Waals surface area contributed by atoms with Crippen molar-refractivity contribution < 1.29 is 19.1 Å². The third-order valence-corrected chi connectivity index (χ3v) is 2.61. The first-order valence-corrected chi connectivity index (χ1v) is 5.31. The van der Waals surface area contributed by atoms with Crippen molar-refractivity contribution >= 4 is 11.9 Å². The van der Waals surface area contributed by atoms with E-state index >= 15 is 0 Å². The number of carboxylic acid groups (broad SMARTS) is 1. The number of carboxylic acids is 1. The Morgan fingerprint density at radius 1 is 1.62 bits per heavy atom. The van der Waals surface area contributed by atoms with E-state index in [1.165, 1.54) is 6.07 Å². The number of anilines is 1. The van der Waals surface area contributed by atoms with Crippen LogP contribution in [0.25, 0.3) is 0 Å². The van der Waals surface area contributed by atoms with Gasteiger partial charge in [0.2, 0.25) is 5.76 Å². The summed E-state index contributed by atoms with van der Waals surface area (Å²) in [4.78, 5) is 12.8. The van der Waals surface area contributed by atoms with Gasteiger partial charge in [0.25, 0.3) is 0 Å². The molecule has 0 atom stereocenters. The Morgan fingerprint density at radius 3 is 2.88 bits per heavy atom. The van der Waals surface area contributed by atoms with E-state index in [4.69, 9.17) is 14.3 Å². The van der Waals surface area contributed by atoms with Gasteiger partial charge in [-0.05, 0) is 18.9 Å². The van der Waals surface area contributed by atoms with Crippen molar-refractivity contribution in [2.45, 2.75) is 18.9 Å². The van der Waals surface area contributed by atoms with E-state index in [1.807, 2.05) is 0 Å². The summed E-state index contributed by atoms with van der Waals surface area (Å²) in [5.41, 5.74) is 0. The van der Waals surface area contributed by atoms with Crippen molar-refractivity contribution in [1.82, 2.24) is 0 Å². The molecule has 1 aliphatic rings. The molecule has 0 saturated heterocycles. The van der Waals surface area contributed by atoms with E-state index in [0.717, 1.165) is 19.4 Å². The zero-order valence-corrected chi connectivity index (χ0v) is 9.18. The molecule has 5 heteroatoms. The summed E-state index contributed by atoms with van der Waals surface area (Å²) < 4.78 is 10.3. The highest BCUT2D eigenvalue weighted by Gasteiger charge is 2.31. The van der Waals surface area contributed by atoms with Gasteiger partial charge in [0.1, 0.15) is 0 Å². The molecule has 1 N–H and O–H groups in total. The molecule has 1 saturated carbocycles. The van der Waals surface area contributed by atoms with Gasteiger partial charge in [0.15, 0.2) is 5.88 Å². The lowest BCUT2D eigenvalue weighted by Gasteiger charge is -2.20. The summed E-state index contributed by atoms with van der Waals surface area (Å²) in [7, 11) is 1.65. The normalized spacial score (nSPS) is 15.1. The largest absolute Gasteiger partial charge is 0.475 e. The lowest BCUT2D eigenvalue weighted by atomic mass is 10.4. The SMILES string of the molecule is COCCN(c1ccc(C(=O)O)o1)C1CC1. The van der Waals surface area contributed by atoms with Gasteiger partial charge < -0.3 is 19.2 Å². The van der Waals surface area contributed by atoms with Gasteiger partial charge in [-0.3, -0.25) is 0 Å². The van der Waals surface area contributed by atoms with E-state index in [1.54, 1.807) is 13.2 Å². The number of aromatic carboxylic acids is 1. The molecule has 1 aliphatic carbocycles. The zero-order chi connectivity index (χ0) is 11.5. The van der Waals surface area contributed by atoms with Crippen LogP contribution in [0.2, 0.25) is 0 Å². The number of rotatable bonds is 6. The number of furan rings is 1. The van der Waals surface area contributed by atoms with Crippen molar-refractivity contribution in [1.29, 1.82) is 0 Å². The standard InChI is InChI=1S/C11H15NO4/c1-15-7-6-12(8-2-3-8)10-5-4-9(16-10)11(13)14/h4-5,8H,2-3,6-7H2,1H3,(H,13,14). The number of nitrogens with zero attached hydrogens (tertiary/aromatic N) is 1. The van der Waals surface area contributed by atoms with Crippen LogP contribution in [0.5, 0.6) is 0 Å². The molecule has 0 aliphatic heterocycles. The molecule has 2 rings (SSSR count). The third-order valence-electron chi connectivity index (χ3n) is 2.61. The van der Waals surface area contributed by atoms with E-state index in [9.17, 15) is 4.79 Å². The first kappa shape index (κ1) is 11.0. The fourth-order valence-electron chi connectivity index (χ4n) is 1.65. The van der Waals surface area contributed by atoms with Crippen LogP contribution in [-0.2, 0) is 4.74 Å². The molecule has 0 amide bonds. The van der Waals surface area contributed by atoms with Gasteiger partial charge in [-0.15, -0.1) is 0 Å². The summed E-state index contributed by atoms with van der Waals surface area (Å²) in [6.45, 7) is 1.34. The van der Waals surface area contributed by atoms with Gasteiger partial charge in [-0.2, -0.15) is 0 Å². The number of hydrogen-bond donors (Lipinski definition) is 1. The molecule has 0 spiro atoms. The molecule has 1 aromatic rings. The summed E-state index contributed by atoms with van der Waals surface area (Å²) >= 11 is 0. The minimum Gasteiger partial charge on any atom is -0.475 e. The van der Waals surface area contributed by atoms with Crippen molar-refractivity contribution in [3.05, 3.63) is 17.9 Å². The lowest BCUT2D eigenvalue weighted by Crippen LogP contribution is -2.28. The Bertz CT molecular complexity index is 370. The summed E-state index contributed by atoms with van der Waals surface area (Å²) in [5.74, 6) is -0.427. The summed E-state index contributed by atoms with van der Waals surface area (Å²) in [6.07, 6.45) is 2.26. The number of hydrogen-bond acceptors (Lipinski definition) is 4. The summed E-state index contributed by atoms with van der Waals surface area (Å²) in [6, 6.07) is 3.67. The maximum Gasteiger partial charge on any atom is 0.371 e. The fraction of sp³-hybridized carbons (Fsp3) is 0.545. The molecule has 0 unspecified atom stereocenters. The Balaban J connectivity index is 2.08. The highest BCUT2D eigenvalue weighted by Crippen LogP contribution is 2.32. The lowest BCUT2D eigenvalue weighted by molar-refractivity contribution is 0.0663. The van der Waals surface area contributed by atoms with Crippen LogP contribution in [0.4, 0.5) is 5.88 Å². The topological polar surface area (TPSA) is 62.9 Å². The van der Waals surface area contributed by atoms with Crippen LogP contribution in [0.1, 0.15) is 23.4 Å². The van der Waals surface area contributed by atoms with E-state index in [0.29, 0.717) is 18.5 Å². The molecule has 88 valence electrons. The maximum absolute atomic E-state index is 10.7. The molecule has 1 aromatic heterocycles. The molecular formula is C11H15NO4. The van der Waals surface area contributed by atoms with Crippen molar-refractivity contribution in [2.75, 3.05) is 25.2 Å². The zero-order valence-electron chi connectivity index (χ0n) is 9.18. The molecule has 0 radical (unpaired) electrons. The molecule has 0 bridgehead atoms.